The fourth-order valence-corrected chi connectivity index (χ4v) is 5.24. The van der Waals surface area contributed by atoms with Gasteiger partial charge in [0.05, 0.1) is 30.0 Å². The Hall–Kier alpha value is -3.48. The van der Waals surface area contributed by atoms with Crippen LogP contribution in [0.1, 0.15) is 25.1 Å². The predicted molar refractivity (Wildman–Crippen MR) is 125 cm³/mol. The fraction of sp³-hybridized carbons (Fsp3) is 0.391. The van der Waals surface area contributed by atoms with E-state index in [4.69, 9.17) is 11.6 Å². The van der Waals surface area contributed by atoms with Crippen LogP contribution in [0.5, 0.6) is 0 Å². The van der Waals surface area contributed by atoms with Gasteiger partial charge in [0, 0.05) is 36.6 Å². The number of rotatable bonds is 4. The smallest absolute Gasteiger partial charge is 0.338 e. The number of aromatic nitrogens is 7. The molecule has 0 amide bonds. The van der Waals surface area contributed by atoms with E-state index in [9.17, 15) is 13.2 Å². The molecular formula is C23H20ClF5N8. The van der Waals surface area contributed by atoms with Gasteiger partial charge in [-0.05, 0) is 25.0 Å². The minimum Gasteiger partial charge on any atom is -0.338 e. The molecule has 0 radical (unpaired) electrons. The first-order valence-electron chi connectivity index (χ1n) is 11.5. The summed E-state index contributed by atoms with van der Waals surface area (Å²) in [4.78, 5) is 4.26. The highest BCUT2D eigenvalue weighted by molar-refractivity contribution is 6.33. The first-order chi connectivity index (χ1) is 17.5. The number of hydrogen-bond donors (Lipinski definition) is 1. The Kier molecular flexibility index (Phi) is 5.17. The molecule has 1 saturated carbocycles. The van der Waals surface area contributed by atoms with Gasteiger partial charge in [0.15, 0.2) is 5.82 Å². The van der Waals surface area contributed by atoms with Crippen molar-refractivity contribution in [2.45, 2.75) is 49.9 Å². The lowest BCUT2D eigenvalue weighted by Gasteiger charge is -2.42. The van der Waals surface area contributed by atoms with E-state index in [0.717, 1.165) is 4.57 Å². The average molecular weight is 539 g/mol. The van der Waals surface area contributed by atoms with Crippen molar-refractivity contribution in [3.63, 3.8) is 0 Å². The number of nitrogens with zero attached hydrogens (tertiary/aromatic N) is 7. The van der Waals surface area contributed by atoms with E-state index in [1.165, 1.54) is 17.0 Å². The summed E-state index contributed by atoms with van der Waals surface area (Å²) in [6.45, 7) is -1.67. The van der Waals surface area contributed by atoms with Crippen LogP contribution in [0.25, 0.3) is 22.6 Å². The highest BCUT2D eigenvalue weighted by atomic mass is 35.5. The van der Waals surface area contributed by atoms with Gasteiger partial charge in [0.1, 0.15) is 22.9 Å². The quantitative estimate of drug-likeness (QED) is 0.344. The summed E-state index contributed by atoms with van der Waals surface area (Å²) in [6, 6.07) is 4.99. The van der Waals surface area contributed by atoms with Gasteiger partial charge in [-0.1, -0.05) is 18.0 Å². The molecule has 0 aromatic carbocycles. The lowest BCUT2D eigenvalue weighted by molar-refractivity contribution is -0.216. The third-order valence-electron chi connectivity index (χ3n) is 7.09. The molecule has 4 aromatic rings. The van der Waals surface area contributed by atoms with Crippen LogP contribution in [0.15, 0.2) is 36.8 Å². The molecule has 1 fully saturated rings. The zero-order valence-electron chi connectivity index (χ0n) is 19.4. The molecule has 0 saturated heterocycles. The van der Waals surface area contributed by atoms with E-state index in [0.29, 0.717) is 29.2 Å². The largest absolute Gasteiger partial charge is 0.401 e. The molecule has 2 aliphatic rings. The van der Waals surface area contributed by atoms with Crippen molar-refractivity contribution in [3.8, 4) is 22.6 Å². The fourth-order valence-electron chi connectivity index (χ4n) is 5.02. The molecule has 0 bridgehead atoms. The number of hydrogen-bond acceptors (Lipinski definition) is 5. The number of anilines is 2. The van der Waals surface area contributed by atoms with Crippen molar-refractivity contribution in [1.82, 2.24) is 34.1 Å². The number of pyridine rings is 1. The topological polar surface area (TPSA) is 78.4 Å². The molecule has 14 heteroatoms. The zero-order valence-corrected chi connectivity index (χ0v) is 20.2. The summed E-state index contributed by atoms with van der Waals surface area (Å²) in [5.41, 5.74) is -1.04. The summed E-state index contributed by atoms with van der Waals surface area (Å²) < 4.78 is 76.1. The van der Waals surface area contributed by atoms with E-state index >= 15 is 8.78 Å². The zero-order chi connectivity index (χ0) is 26.2. The minimum absolute atomic E-state index is 0.0349. The van der Waals surface area contributed by atoms with E-state index in [1.807, 2.05) is 0 Å². The van der Waals surface area contributed by atoms with Crippen LogP contribution in [-0.2, 0) is 25.6 Å². The first kappa shape index (κ1) is 23.9. The Balaban J connectivity index is 1.45. The highest BCUT2D eigenvalue weighted by Gasteiger charge is 2.62. The summed E-state index contributed by atoms with van der Waals surface area (Å²) in [5, 5.41) is 15.3. The van der Waals surface area contributed by atoms with E-state index in [2.05, 4.69) is 25.6 Å². The lowest BCUT2D eigenvalue weighted by Crippen LogP contribution is -2.50. The van der Waals surface area contributed by atoms with Crippen LogP contribution in [-0.4, -0.2) is 46.2 Å². The van der Waals surface area contributed by atoms with Crippen molar-refractivity contribution in [2.75, 3.05) is 5.32 Å². The average Bonchev–Trinajstić information content (AvgIpc) is 3.46. The molecule has 0 unspecified atom stereocenters. The second-order valence-corrected chi connectivity index (χ2v) is 9.89. The van der Waals surface area contributed by atoms with Gasteiger partial charge >= 0.3 is 6.18 Å². The second-order valence-electron chi connectivity index (χ2n) is 9.48. The Morgan fingerprint density at radius 1 is 1.11 bits per heavy atom. The monoisotopic (exact) mass is 538 g/mol. The van der Waals surface area contributed by atoms with Crippen molar-refractivity contribution in [2.24, 2.45) is 7.05 Å². The Morgan fingerprint density at radius 2 is 1.89 bits per heavy atom. The van der Waals surface area contributed by atoms with Gasteiger partial charge < -0.3 is 14.5 Å². The van der Waals surface area contributed by atoms with Crippen LogP contribution < -0.4 is 5.32 Å². The third-order valence-corrected chi connectivity index (χ3v) is 7.39. The summed E-state index contributed by atoms with van der Waals surface area (Å²) >= 11 is 6.41. The molecule has 37 heavy (non-hydrogen) atoms. The molecule has 0 atom stereocenters. The molecule has 5 heterocycles. The Bertz CT molecular complexity index is 1500. The second kappa shape index (κ2) is 8.01. The molecule has 194 valence electrons. The van der Waals surface area contributed by atoms with Crippen LogP contribution in [0.2, 0.25) is 5.02 Å². The summed E-state index contributed by atoms with van der Waals surface area (Å²) in [7, 11) is 1.75. The van der Waals surface area contributed by atoms with Gasteiger partial charge in [0.25, 0.3) is 5.92 Å². The van der Waals surface area contributed by atoms with E-state index in [1.54, 1.807) is 36.1 Å². The molecule has 1 aliphatic heterocycles. The van der Waals surface area contributed by atoms with Gasteiger partial charge in [-0.2, -0.15) is 18.3 Å². The SMILES string of the molecule is Cn1nccc1Nc1cc(-c2cc3n(c2)CC(F)(F)Cn2c-3nnc2C2(C(F)(F)F)CCC2)c(Cl)cn1. The normalized spacial score (nSPS) is 18.0. The van der Waals surface area contributed by atoms with Gasteiger partial charge in [-0.15, -0.1) is 10.2 Å². The van der Waals surface area contributed by atoms with Gasteiger partial charge in [-0.25, -0.2) is 13.8 Å². The molecule has 8 nitrogen and oxygen atoms in total. The summed E-state index contributed by atoms with van der Waals surface area (Å²) in [6.07, 6.45) is -0.152. The molecule has 1 N–H and O–H groups in total. The third kappa shape index (κ3) is 3.78. The lowest BCUT2D eigenvalue weighted by atomic mass is 9.67. The molecule has 6 rings (SSSR count). The van der Waals surface area contributed by atoms with Gasteiger partial charge in [0.2, 0.25) is 0 Å². The number of nitrogens with one attached hydrogen (secondary N) is 1. The van der Waals surface area contributed by atoms with Gasteiger partial charge in [-0.3, -0.25) is 4.68 Å². The maximum atomic E-state index is 15.1. The van der Waals surface area contributed by atoms with Crippen LogP contribution >= 0.6 is 11.6 Å². The van der Waals surface area contributed by atoms with Crippen molar-refractivity contribution in [1.29, 1.82) is 0 Å². The standard InChI is InChI=1S/C23H20ClF5N8/c1-35-18(3-6-31-35)32-17-8-14(15(24)9-30-17)13-7-16-19-33-34-20(21(4-2-5-21)23(27,28)29)37(19)12-22(25,26)11-36(16)10-13/h3,6-10H,2,4-5,11-12H2,1H3,(H,30,32). The minimum atomic E-state index is -4.62. The Labute approximate surface area is 212 Å². The van der Waals surface area contributed by atoms with E-state index in [-0.39, 0.29) is 29.4 Å². The molecule has 0 spiro atoms. The van der Waals surface area contributed by atoms with Crippen molar-refractivity contribution < 1.29 is 22.0 Å². The maximum Gasteiger partial charge on any atom is 0.401 e. The summed E-state index contributed by atoms with van der Waals surface area (Å²) in [5.74, 6) is -2.72. The molecule has 1 aliphatic carbocycles. The van der Waals surface area contributed by atoms with Crippen molar-refractivity contribution >= 4 is 23.2 Å². The molecular weight excluding hydrogens is 519 g/mol. The van der Waals surface area contributed by atoms with Crippen molar-refractivity contribution in [3.05, 3.63) is 47.6 Å². The van der Waals surface area contributed by atoms with Crippen LogP contribution in [0, 0.1) is 0 Å². The Morgan fingerprint density at radius 3 is 2.54 bits per heavy atom. The van der Waals surface area contributed by atoms with E-state index < -0.39 is 36.4 Å². The first-order valence-corrected chi connectivity index (χ1v) is 11.8. The predicted octanol–water partition coefficient (Wildman–Crippen LogP) is 5.57. The number of halogens is 6. The van der Waals surface area contributed by atoms with Crippen LogP contribution in [0.3, 0.4) is 0 Å². The number of aryl methyl sites for hydroxylation is 1. The molecule has 4 aromatic heterocycles. The highest BCUT2D eigenvalue weighted by Crippen LogP contribution is 2.55. The van der Waals surface area contributed by atoms with Crippen LogP contribution in [0.4, 0.5) is 33.6 Å². The number of fused-ring (bicyclic) bond motifs is 3. The number of alkyl halides is 5. The maximum absolute atomic E-state index is 15.1.